The normalized spacial score (nSPS) is 20.7. The molecule has 0 N–H and O–H groups in total. The summed E-state index contributed by atoms with van der Waals surface area (Å²) in [5.74, 6) is 0.918. The Morgan fingerprint density at radius 2 is 1.73 bits per heavy atom. The molecule has 1 aliphatic heterocycles. The summed E-state index contributed by atoms with van der Waals surface area (Å²) in [5.41, 5.74) is 3.66. The van der Waals surface area contributed by atoms with Crippen LogP contribution in [0.2, 0.25) is 5.28 Å². The van der Waals surface area contributed by atoms with E-state index in [1.807, 2.05) is 0 Å². The summed E-state index contributed by atoms with van der Waals surface area (Å²) in [6.45, 7) is 10.0. The maximum absolute atomic E-state index is 6.27. The number of morpholine rings is 1. The zero-order valence-electron chi connectivity index (χ0n) is 15.4. The van der Waals surface area contributed by atoms with Crippen molar-refractivity contribution in [2.45, 2.75) is 39.9 Å². The number of anilines is 1. The highest BCUT2D eigenvalue weighted by molar-refractivity contribution is 7.19. The largest absolute Gasteiger partial charge is 0.372 e. The Labute approximate surface area is 162 Å². The Bertz CT molecular complexity index is 944. The molecule has 3 heterocycles. The lowest BCUT2D eigenvalue weighted by Gasteiger charge is -2.36. The van der Waals surface area contributed by atoms with Crippen molar-refractivity contribution in [1.29, 1.82) is 0 Å². The van der Waals surface area contributed by atoms with Gasteiger partial charge >= 0.3 is 0 Å². The van der Waals surface area contributed by atoms with Crippen LogP contribution in [0.25, 0.3) is 21.3 Å². The van der Waals surface area contributed by atoms with Gasteiger partial charge in [0, 0.05) is 23.5 Å². The highest BCUT2D eigenvalue weighted by Crippen LogP contribution is 2.42. The van der Waals surface area contributed by atoms with Crippen LogP contribution in [-0.2, 0) is 4.74 Å². The standard InChI is InChI=1S/C20H22ClN3OS/c1-11-5-7-15(8-6-11)16-14(4)26-19-17(16)18(22-20(21)23-19)24-9-12(2)25-13(3)10-24/h5-8,12-13H,9-10H2,1-4H3. The molecular weight excluding hydrogens is 366 g/mol. The summed E-state index contributed by atoms with van der Waals surface area (Å²) in [4.78, 5) is 13.6. The smallest absolute Gasteiger partial charge is 0.225 e. The summed E-state index contributed by atoms with van der Waals surface area (Å²) >= 11 is 7.95. The van der Waals surface area contributed by atoms with Crippen LogP contribution in [-0.4, -0.2) is 35.3 Å². The van der Waals surface area contributed by atoms with Crippen LogP contribution >= 0.6 is 22.9 Å². The van der Waals surface area contributed by atoms with Crippen molar-refractivity contribution < 1.29 is 4.74 Å². The summed E-state index contributed by atoms with van der Waals surface area (Å²) in [6, 6.07) is 8.64. The maximum Gasteiger partial charge on any atom is 0.225 e. The number of ether oxygens (including phenoxy) is 1. The predicted molar refractivity (Wildman–Crippen MR) is 110 cm³/mol. The van der Waals surface area contributed by atoms with Crippen molar-refractivity contribution in [3.8, 4) is 11.1 Å². The minimum absolute atomic E-state index is 0.157. The minimum atomic E-state index is 0.157. The minimum Gasteiger partial charge on any atom is -0.372 e. The second-order valence-corrected chi connectivity index (χ2v) is 8.60. The van der Waals surface area contributed by atoms with Gasteiger partial charge in [-0.25, -0.2) is 4.98 Å². The number of hydrogen-bond donors (Lipinski definition) is 0. The number of thiophene rings is 1. The molecule has 1 fully saturated rings. The maximum atomic E-state index is 6.27. The molecular formula is C20H22ClN3OS. The van der Waals surface area contributed by atoms with E-state index < -0.39 is 0 Å². The molecule has 1 aliphatic rings. The van der Waals surface area contributed by atoms with E-state index in [9.17, 15) is 0 Å². The van der Waals surface area contributed by atoms with Crippen molar-refractivity contribution in [3.63, 3.8) is 0 Å². The van der Waals surface area contributed by atoms with Crippen molar-refractivity contribution in [1.82, 2.24) is 9.97 Å². The Balaban J connectivity index is 1.93. The molecule has 4 rings (SSSR count). The van der Waals surface area contributed by atoms with Crippen molar-refractivity contribution in [2.75, 3.05) is 18.0 Å². The summed E-state index contributed by atoms with van der Waals surface area (Å²) in [7, 11) is 0. The number of benzene rings is 1. The van der Waals surface area contributed by atoms with Crippen LogP contribution in [0, 0.1) is 13.8 Å². The van der Waals surface area contributed by atoms with Gasteiger partial charge in [-0.1, -0.05) is 29.8 Å². The Morgan fingerprint density at radius 3 is 2.38 bits per heavy atom. The molecule has 6 heteroatoms. The van der Waals surface area contributed by atoms with Crippen molar-refractivity contribution in [2.24, 2.45) is 0 Å². The molecule has 3 aromatic rings. The van der Waals surface area contributed by atoms with Crippen LogP contribution in [0.1, 0.15) is 24.3 Å². The third-order valence-corrected chi connectivity index (χ3v) is 5.91. The lowest BCUT2D eigenvalue weighted by Crippen LogP contribution is -2.46. The molecule has 1 saturated heterocycles. The second kappa shape index (κ2) is 6.80. The van der Waals surface area contributed by atoms with Crippen molar-refractivity contribution in [3.05, 3.63) is 40.0 Å². The number of nitrogens with zero attached hydrogens (tertiary/aromatic N) is 3. The van der Waals surface area contributed by atoms with Gasteiger partial charge in [0.25, 0.3) is 0 Å². The molecule has 2 atom stereocenters. The molecule has 0 bridgehead atoms. The first-order valence-corrected chi connectivity index (χ1v) is 10.1. The molecule has 0 aliphatic carbocycles. The van der Waals surface area contributed by atoms with Gasteiger partial charge in [0.15, 0.2) is 0 Å². The van der Waals surface area contributed by atoms with E-state index in [0.717, 1.165) is 29.1 Å². The highest BCUT2D eigenvalue weighted by atomic mass is 35.5. The van der Waals surface area contributed by atoms with E-state index in [0.29, 0.717) is 5.28 Å². The fourth-order valence-corrected chi connectivity index (χ4v) is 4.97. The number of aromatic nitrogens is 2. The number of fused-ring (bicyclic) bond motifs is 1. The molecule has 0 radical (unpaired) electrons. The SMILES string of the molecule is Cc1ccc(-c2c(C)sc3nc(Cl)nc(N4CC(C)OC(C)C4)c23)cc1. The Hall–Kier alpha value is -1.69. The quantitative estimate of drug-likeness (QED) is 0.563. The van der Waals surface area contributed by atoms with E-state index >= 15 is 0 Å². The Morgan fingerprint density at radius 1 is 1.08 bits per heavy atom. The van der Waals surface area contributed by atoms with E-state index in [1.54, 1.807) is 11.3 Å². The first kappa shape index (κ1) is 17.7. The van der Waals surface area contributed by atoms with Gasteiger partial charge in [-0.3, -0.25) is 0 Å². The van der Waals surface area contributed by atoms with Gasteiger partial charge in [-0.05, 0) is 44.9 Å². The van der Waals surface area contributed by atoms with Gasteiger partial charge in [0.05, 0.1) is 17.6 Å². The fraction of sp³-hybridized carbons (Fsp3) is 0.400. The molecule has 26 heavy (non-hydrogen) atoms. The van der Waals surface area contributed by atoms with Gasteiger partial charge in [-0.15, -0.1) is 11.3 Å². The Kier molecular flexibility index (Phi) is 4.63. The van der Waals surface area contributed by atoms with Gasteiger partial charge in [0.2, 0.25) is 5.28 Å². The average Bonchev–Trinajstić information content (AvgIpc) is 2.89. The number of rotatable bonds is 2. The number of hydrogen-bond acceptors (Lipinski definition) is 5. The van der Waals surface area contributed by atoms with Crippen LogP contribution in [0.4, 0.5) is 5.82 Å². The zero-order valence-corrected chi connectivity index (χ0v) is 17.0. The fourth-order valence-electron chi connectivity index (χ4n) is 3.72. The zero-order chi connectivity index (χ0) is 18.4. The third-order valence-electron chi connectivity index (χ3n) is 4.74. The molecule has 136 valence electrons. The summed E-state index contributed by atoms with van der Waals surface area (Å²) < 4.78 is 5.90. The van der Waals surface area contributed by atoms with E-state index in [4.69, 9.17) is 16.3 Å². The summed E-state index contributed by atoms with van der Waals surface area (Å²) in [6.07, 6.45) is 0.315. The third kappa shape index (κ3) is 3.20. The molecule has 2 aromatic heterocycles. The first-order chi connectivity index (χ1) is 12.4. The number of aryl methyl sites for hydroxylation is 2. The predicted octanol–water partition coefficient (Wildman–Crippen LogP) is 5.24. The molecule has 1 aromatic carbocycles. The molecule has 0 spiro atoms. The molecule has 0 amide bonds. The van der Waals surface area contributed by atoms with E-state index in [2.05, 4.69) is 66.8 Å². The van der Waals surface area contributed by atoms with Crippen LogP contribution in [0.5, 0.6) is 0 Å². The monoisotopic (exact) mass is 387 g/mol. The highest BCUT2D eigenvalue weighted by Gasteiger charge is 2.27. The van der Waals surface area contributed by atoms with Crippen LogP contribution in [0.3, 0.4) is 0 Å². The molecule has 4 nitrogen and oxygen atoms in total. The van der Waals surface area contributed by atoms with E-state index in [1.165, 1.54) is 21.6 Å². The summed E-state index contributed by atoms with van der Waals surface area (Å²) in [5, 5.41) is 1.40. The average molecular weight is 388 g/mol. The topological polar surface area (TPSA) is 38.2 Å². The van der Waals surface area contributed by atoms with E-state index in [-0.39, 0.29) is 12.2 Å². The lowest BCUT2D eigenvalue weighted by atomic mass is 10.0. The molecule has 2 unspecified atom stereocenters. The second-order valence-electron chi connectivity index (χ2n) is 7.06. The van der Waals surface area contributed by atoms with Crippen LogP contribution in [0.15, 0.2) is 24.3 Å². The number of halogens is 1. The van der Waals surface area contributed by atoms with Gasteiger partial charge in [0.1, 0.15) is 10.6 Å². The molecule has 0 saturated carbocycles. The van der Waals surface area contributed by atoms with Gasteiger partial charge < -0.3 is 9.64 Å². The first-order valence-electron chi connectivity index (χ1n) is 8.86. The van der Waals surface area contributed by atoms with Gasteiger partial charge in [-0.2, -0.15) is 4.98 Å². The van der Waals surface area contributed by atoms with Crippen molar-refractivity contribution >= 4 is 39.0 Å². The lowest BCUT2D eigenvalue weighted by molar-refractivity contribution is -0.00537. The van der Waals surface area contributed by atoms with Crippen LogP contribution < -0.4 is 4.90 Å².